The van der Waals surface area contributed by atoms with Gasteiger partial charge in [0.25, 0.3) is 0 Å². The molecule has 0 amide bonds. The zero-order chi connectivity index (χ0) is 10.7. The SMILES string of the molecule is N#CC(C(=O)C1CCC1)c1ccccn1. The fraction of sp³-hybridized carbons (Fsp3) is 0.417. The van der Waals surface area contributed by atoms with Gasteiger partial charge in [-0.1, -0.05) is 12.5 Å². The summed E-state index contributed by atoms with van der Waals surface area (Å²) in [7, 11) is 0. The summed E-state index contributed by atoms with van der Waals surface area (Å²) in [6.45, 7) is 0. The summed E-state index contributed by atoms with van der Waals surface area (Å²) < 4.78 is 0. The van der Waals surface area contributed by atoms with Gasteiger partial charge in [-0.3, -0.25) is 9.78 Å². The lowest BCUT2D eigenvalue weighted by Gasteiger charge is -2.25. The fourth-order valence-corrected chi connectivity index (χ4v) is 1.75. The first-order chi connectivity index (χ1) is 7.33. The average molecular weight is 200 g/mol. The minimum absolute atomic E-state index is 0.0439. The van der Waals surface area contributed by atoms with Gasteiger partial charge in [-0.2, -0.15) is 5.26 Å². The van der Waals surface area contributed by atoms with Gasteiger partial charge in [0, 0.05) is 12.1 Å². The molecule has 1 heterocycles. The van der Waals surface area contributed by atoms with E-state index in [2.05, 4.69) is 11.1 Å². The number of pyridine rings is 1. The van der Waals surface area contributed by atoms with Gasteiger partial charge in [0.1, 0.15) is 5.92 Å². The summed E-state index contributed by atoms with van der Waals surface area (Å²) in [5, 5.41) is 9.01. The average Bonchev–Trinajstić information content (AvgIpc) is 2.18. The molecule has 1 unspecified atom stereocenters. The number of nitrogens with zero attached hydrogens (tertiary/aromatic N) is 2. The van der Waals surface area contributed by atoms with Gasteiger partial charge in [-0.25, -0.2) is 0 Å². The molecule has 1 saturated carbocycles. The Hall–Kier alpha value is -1.69. The van der Waals surface area contributed by atoms with Crippen molar-refractivity contribution in [2.24, 2.45) is 5.92 Å². The summed E-state index contributed by atoms with van der Waals surface area (Å²) in [5.41, 5.74) is 0.580. The molecule has 0 saturated heterocycles. The van der Waals surface area contributed by atoms with Gasteiger partial charge in [-0.15, -0.1) is 0 Å². The maximum absolute atomic E-state index is 11.9. The van der Waals surface area contributed by atoms with Crippen LogP contribution in [0.1, 0.15) is 30.9 Å². The number of ketones is 1. The highest BCUT2D eigenvalue weighted by atomic mass is 16.1. The second-order valence-electron chi connectivity index (χ2n) is 3.85. The van der Waals surface area contributed by atoms with E-state index < -0.39 is 5.92 Å². The summed E-state index contributed by atoms with van der Waals surface area (Å²) >= 11 is 0. The number of carbonyl (C=O) groups is 1. The highest BCUT2D eigenvalue weighted by molar-refractivity contribution is 5.90. The van der Waals surface area contributed by atoms with E-state index >= 15 is 0 Å². The molecule has 1 fully saturated rings. The summed E-state index contributed by atoms with van der Waals surface area (Å²) in [4.78, 5) is 16.0. The second kappa shape index (κ2) is 4.22. The molecule has 0 aromatic carbocycles. The monoisotopic (exact) mass is 200 g/mol. The Labute approximate surface area is 88.8 Å². The van der Waals surface area contributed by atoms with Gasteiger partial charge < -0.3 is 0 Å². The minimum atomic E-state index is -0.670. The van der Waals surface area contributed by atoms with E-state index in [9.17, 15) is 4.79 Å². The van der Waals surface area contributed by atoms with Crippen molar-refractivity contribution in [3.63, 3.8) is 0 Å². The first kappa shape index (κ1) is 9.85. The van der Waals surface area contributed by atoms with Gasteiger partial charge in [0.15, 0.2) is 5.78 Å². The predicted molar refractivity (Wildman–Crippen MR) is 54.9 cm³/mol. The van der Waals surface area contributed by atoms with Crippen LogP contribution in [-0.2, 0) is 4.79 Å². The van der Waals surface area contributed by atoms with Crippen molar-refractivity contribution in [3.8, 4) is 6.07 Å². The Balaban J connectivity index is 2.17. The molecular weight excluding hydrogens is 188 g/mol. The summed E-state index contributed by atoms with van der Waals surface area (Å²) in [6.07, 6.45) is 4.60. The van der Waals surface area contributed by atoms with Crippen molar-refractivity contribution in [3.05, 3.63) is 30.1 Å². The van der Waals surface area contributed by atoms with Crippen LogP contribution in [0, 0.1) is 17.2 Å². The van der Waals surface area contributed by atoms with E-state index in [1.807, 2.05) is 0 Å². The second-order valence-corrected chi connectivity index (χ2v) is 3.85. The molecule has 1 atom stereocenters. The van der Waals surface area contributed by atoms with E-state index in [1.54, 1.807) is 24.4 Å². The fourth-order valence-electron chi connectivity index (χ4n) is 1.75. The van der Waals surface area contributed by atoms with E-state index in [1.165, 1.54) is 0 Å². The van der Waals surface area contributed by atoms with Crippen LogP contribution < -0.4 is 0 Å². The molecule has 0 aliphatic heterocycles. The predicted octanol–water partition coefficient (Wildman–Crippen LogP) is 2.06. The van der Waals surface area contributed by atoms with Crippen LogP contribution in [0.25, 0.3) is 0 Å². The first-order valence-corrected chi connectivity index (χ1v) is 5.17. The van der Waals surface area contributed by atoms with Crippen molar-refractivity contribution in [2.45, 2.75) is 25.2 Å². The third-order valence-corrected chi connectivity index (χ3v) is 2.90. The van der Waals surface area contributed by atoms with Crippen LogP contribution in [0.15, 0.2) is 24.4 Å². The molecule has 0 spiro atoms. The number of rotatable bonds is 3. The molecule has 15 heavy (non-hydrogen) atoms. The molecular formula is C12H12N2O. The summed E-state index contributed by atoms with van der Waals surface area (Å²) in [5.74, 6) is -0.532. The molecule has 1 aliphatic rings. The number of hydrogen-bond donors (Lipinski definition) is 0. The van der Waals surface area contributed by atoms with Crippen LogP contribution in [0.4, 0.5) is 0 Å². The zero-order valence-corrected chi connectivity index (χ0v) is 8.39. The highest BCUT2D eigenvalue weighted by Gasteiger charge is 2.32. The normalized spacial score (nSPS) is 17.5. The molecule has 0 N–H and O–H groups in total. The lowest BCUT2D eigenvalue weighted by atomic mass is 9.77. The summed E-state index contributed by atoms with van der Waals surface area (Å²) in [6, 6.07) is 7.39. The van der Waals surface area contributed by atoms with Crippen LogP contribution in [-0.4, -0.2) is 10.8 Å². The number of Topliss-reactive ketones (excluding diaryl/α,β-unsaturated/α-hetero) is 1. The van der Waals surface area contributed by atoms with Gasteiger partial charge >= 0.3 is 0 Å². The zero-order valence-electron chi connectivity index (χ0n) is 8.39. The minimum Gasteiger partial charge on any atom is -0.297 e. The topological polar surface area (TPSA) is 53.8 Å². The maximum Gasteiger partial charge on any atom is 0.159 e. The third-order valence-electron chi connectivity index (χ3n) is 2.90. The smallest absolute Gasteiger partial charge is 0.159 e. The molecule has 3 heteroatoms. The van der Waals surface area contributed by atoms with Crippen molar-refractivity contribution in [2.75, 3.05) is 0 Å². The molecule has 76 valence electrons. The van der Waals surface area contributed by atoms with Crippen LogP contribution in [0.5, 0.6) is 0 Å². The number of aromatic nitrogens is 1. The Bertz CT molecular complexity index is 390. The molecule has 1 aromatic rings. The first-order valence-electron chi connectivity index (χ1n) is 5.17. The molecule has 2 rings (SSSR count). The molecule has 3 nitrogen and oxygen atoms in total. The Morgan fingerprint density at radius 3 is 2.80 bits per heavy atom. The van der Waals surface area contributed by atoms with E-state index in [0.29, 0.717) is 5.69 Å². The lowest BCUT2D eigenvalue weighted by molar-refractivity contribution is -0.125. The number of nitriles is 1. The quantitative estimate of drug-likeness (QED) is 0.750. The Morgan fingerprint density at radius 2 is 2.33 bits per heavy atom. The molecule has 0 bridgehead atoms. The van der Waals surface area contributed by atoms with Gasteiger partial charge in [0.2, 0.25) is 0 Å². The van der Waals surface area contributed by atoms with Crippen molar-refractivity contribution < 1.29 is 4.79 Å². The van der Waals surface area contributed by atoms with Gasteiger partial charge in [-0.05, 0) is 25.0 Å². The Kier molecular flexibility index (Phi) is 2.77. The largest absolute Gasteiger partial charge is 0.297 e. The molecule has 0 radical (unpaired) electrons. The highest BCUT2D eigenvalue weighted by Crippen LogP contribution is 2.32. The van der Waals surface area contributed by atoms with E-state index in [0.717, 1.165) is 19.3 Å². The van der Waals surface area contributed by atoms with Crippen molar-refractivity contribution in [1.82, 2.24) is 4.98 Å². The standard InChI is InChI=1S/C12H12N2O/c13-8-10(11-6-1-2-7-14-11)12(15)9-4-3-5-9/h1-2,6-7,9-10H,3-5H2. The van der Waals surface area contributed by atoms with Gasteiger partial charge in [0.05, 0.1) is 11.8 Å². The number of carbonyl (C=O) groups excluding carboxylic acids is 1. The Morgan fingerprint density at radius 1 is 1.53 bits per heavy atom. The van der Waals surface area contributed by atoms with Crippen LogP contribution >= 0.6 is 0 Å². The van der Waals surface area contributed by atoms with Crippen LogP contribution in [0.2, 0.25) is 0 Å². The molecule has 1 aromatic heterocycles. The van der Waals surface area contributed by atoms with Crippen LogP contribution in [0.3, 0.4) is 0 Å². The van der Waals surface area contributed by atoms with Crippen molar-refractivity contribution >= 4 is 5.78 Å². The molecule has 1 aliphatic carbocycles. The van der Waals surface area contributed by atoms with E-state index in [4.69, 9.17) is 5.26 Å². The van der Waals surface area contributed by atoms with E-state index in [-0.39, 0.29) is 11.7 Å². The number of hydrogen-bond acceptors (Lipinski definition) is 3. The van der Waals surface area contributed by atoms with Crippen molar-refractivity contribution in [1.29, 1.82) is 5.26 Å². The maximum atomic E-state index is 11.9. The third kappa shape index (κ3) is 1.89. The lowest BCUT2D eigenvalue weighted by Crippen LogP contribution is -2.27.